The van der Waals surface area contributed by atoms with Crippen molar-refractivity contribution in [1.29, 1.82) is 0 Å². The lowest BCUT2D eigenvalue weighted by Crippen LogP contribution is -2.05. The first-order chi connectivity index (χ1) is 8.74. The molecule has 0 amide bonds. The second-order valence-electron chi connectivity index (χ2n) is 3.84. The van der Waals surface area contributed by atoms with Crippen LogP contribution in [0.3, 0.4) is 0 Å². The van der Waals surface area contributed by atoms with E-state index in [4.69, 9.17) is 10.3 Å². The van der Waals surface area contributed by atoms with Crippen LogP contribution in [0.2, 0.25) is 0 Å². The topological polar surface area (TPSA) is 82.8 Å². The first kappa shape index (κ1) is 11.5. The van der Waals surface area contributed by atoms with Crippen molar-refractivity contribution in [2.45, 2.75) is 13.0 Å². The fourth-order valence-electron chi connectivity index (χ4n) is 1.87. The molecule has 0 fully saturated rings. The largest absolute Gasteiger partial charge is 0.369 e. The van der Waals surface area contributed by atoms with Crippen LogP contribution < -0.4 is 5.73 Å². The monoisotopic (exact) mass is 355 g/mol. The van der Waals surface area contributed by atoms with Crippen molar-refractivity contribution in [2.24, 2.45) is 0 Å². The zero-order valence-electron chi connectivity index (χ0n) is 9.38. The van der Waals surface area contributed by atoms with Gasteiger partial charge in [-0.1, -0.05) is 5.16 Å². The van der Waals surface area contributed by atoms with E-state index in [0.717, 1.165) is 14.6 Å². The molecule has 3 aromatic rings. The third-order valence-electron chi connectivity index (χ3n) is 2.70. The number of anilines is 1. The maximum absolute atomic E-state index is 5.93. The Morgan fingerprint density at radius 3 is 3.06 bits per heavy atom. The molecule has 3 rings (SSSR count). The highest BCUT2D eigenvalue weighted by atomic mass is 127. The lowest BCUT2D eigenvalue weighted by molar-refractivity contribution is 0.372. The minimum absolute atomic E-state index is 0.506. The summed E-state index contributed by atoms with van der Waals surface area (Å²) in [6.07, 6.45) is 2.04. The third-order valence-corrected chi connectivity index (χ3v) is 3.37. The molecule has 0 bridgehead atoms. The zero-order valence-corrected chi connectivity index (χ0v) is 11.5. The lowest BCUT2D eigenvalue weighted by Gasteiger charge is -2.03. The molecule has 0 unspecified atom stereocenters. The number of fused-ring (bicyclic) bond motifs is 1. The summed E-state index contributed by atoms with van der Waals surface area (Å²) >= 11 is 2.26. The third kappa shape index (κ3) is 2.05. The molecule has 0 aliphatic rings. The van der Waals surface area contributed by atoms with E-state index < -0.39 is 0 Å². The number of nitrogens with zero attached hydrogens (tertiary/aromatic N) is 4. The Hall–Kier alpha value is -1.64. The first-order valence-corrected chi connectivity index (χ1v) is 6.49. The number of benzene rings is 1. The van der Waals surface area contributed by atoms with Gasteiger partial charge >= 0.3 is 0 Å². The molecule has 7 heteroatoms. The van der Waals surface area contributed by atoms with E-state index in [9.17, 15) is 0 Å². The van der Waals surface area contributed by atoms with Crippen molar-refractivity contribution in [3.05, 3.63) is 34.0 Å². The summed E-state index contributed by atoms with van der Waals surface area (Å²) in [5.74, 6) is 1.10. The van der Waals surface area contributed by atoms with Crippen molar-refractivity contribution in [2.75, 3.05) is 5.73 Å². The average Bonchev–Trinajstić information content (AvgIpc) is 2.93. The van der Waals surface area contributed by atoms with Crippen molar-refractivity contribution in [3.63, 3.8) is 0 Å². The van der Waals surface area contributed by atoms with Gasteiger partial charge in [-0.25, -0.2) is 4.98 Å². The van der Waals surface area contributed by atoms with Gasteiger partial charge in [0, 0.05) is 16.5 Å². The molecule has 0 spiro atoms. The number of aromatic nitrogens is 4. The Morgan fingerprint density at radius 2 is 2.28 bits per heavy atom. The summed E-state index contributed by atoms with van der Waals surface area (Å²) in [6.45, 7) is 0.672. The highest BCUT2D eigenvalue weighted by molar-refractivity contribution is 14.1. The molecular weight excluding hydrogens is 345 g/mol. The number of hydrogen-bond acceptors (Lipinski definition) is 5. The normalized spacial score (nSPS) is 11.2. The lowest BCUT2D eigenvalue weighted by atomic mass is 10.3. The maximum Gasteiger partial charge on any atom is 0.228 e. The zero-order chi connectivity index (χ0) is 12.5. The molecule has 0 saturated carbocycles. The fourth-order valence-corrected chi connectivity index (χ4v) is 2.34. The Morgan fingerprint density at radius 1 is 1.39 bits per heavy atom. The average molecular weight is 355 g/mol. The van der Waals surface area contributed by atoms with E-state index in [1.165, 1.54) is 6.33 Å². The van der Waals surface area contributed by atoms with Gasteiger partial charge in [0.25, 0.3) is 0 Å². The Bertz CT molecular complexity index is 676. The van der Waals surface area contributed by atoms with Crippen LogP contribution in [0.5, 0.6) is 0 Å². The minimum atomic E-state index is 0.506. The number of nitrogens with two attached hydrogens (primary N) is 1. The summed E-state index contributed by atoms with van der Waals surface area (Å²) in [5.41, 5.74) is 7.85. The smallest absolute Gasteiger partial charge is 0.228 e. The molecule has 0 saturated heterocycles. The molecule has 92 valence electrons. The Labute approximate surface area is 116 Å². The van der Waals surface area contributed by atoms with E-state index in [1.807, 2.05) is 22.8 Å². The molecule has 0 aliphatic carbocycles. The summed E-state index contributed by atoms with van der Waals surface area (Å²) in [5, 5.41) is 3.58. The summed E-state index contributed by atoms with van der Waals surface area (Å²) in [7, 11) is 0. The Kier molecular flexibility index (Phi) is 2.90. The fraction of sp³-hybridized carbons (Fsp3) is 0.182. The van der Waals surface area contributed by atoms with Gasteiger partial charge in [-0.15, -0.1) is 0 Å². The number of imidazole rings is 1. The van der Waals surface area contributed by atoms with E-state index in [0.29, 0.717) is 24.8 Å². The van der Waals surface area contributed by atoms with E-state index in [1.54, 1.807) is 0 Å². The second kappa shape index (κ2) is 4.56. The highest BCUT2D eigenvalue weighted by Gasteiger charge is 2.09. The minimum Gasteiger partial charge on any atom is -0.369 e. The van der Waals surface area contributed by atoms with E-state index >= 15 is 0 Å². The van der Waals surface area contributed by atoms with Crippen LogP contribution in [-0.2, 0) is 13.0 Å². The Balaban J connectivity index is 1.93. The van der Waals surface area contributed by atoms with Gasteiger partial charge in [0.05, 0.1) is 11.0 Å². The van der Waals surface area contributed by atoms with Crippen LogP contribution >= 0.6 is 22.6 Å². The van der Waals surface area contributed by atoms with Crippen molar-refractivity contribution >= 4 is 39.6 Å². The summed E-state index contributed by atoms with van der Waals surface area (Å²) in [4.78, 5) is 8.33. The number of rotatable bonds is 3. The molecule has 1 aromatic carbocycles. The maximum atomic E-state index is 5.93. The molecule has 2 heterocycles. The molecule has 2 aromatic heterocycles. The molecule has 0 aliphatic heterocycles. The number of halogens is 1. The van der Waals surface area contributed by atoms with Crippen LogP contribution in [0.1, 0.15) is 5.89 Å². The first-order valence-electron chi connectivity index (χ1n) is 5.41. The predicted molar refractivity (Wildman–Crippen MR) is 74.9 cm³/mol. The number of hydrogen-bond donors (Lipinski definition) is 1. The van der Waals surface area contributed by atoms with E-state index in [2.05, 4.69) is 37.7 Å². The number of nitrogen functional groups attached to an aromatic ring is 1. The van der Waals surface area contributed by atoms with Crippen LogP contribution in [0.25, 0.3) is 11.0 Å². The van der Waals surface area contributed by atoms with Crippen molar-refractivity contribution < 1.29 is 4.52 Å². The van der Waals surface area contributed by atoms with Gasteiger partial charge in [-0.05, 0) is 40.8 Å². The van der Waals surface area contributed by atoms with Crippen LogP contribution in [0.15, 0.2) is 29.0 Å². The summed E-state index contributed by atoms with van der Waals surface area (Å²) < 4.78 is 8.06. The predicted octanol–water partition coefficient (Wildman–Crippen LogP) is 1.85. The molecule has 2 N–H and O–H groups in total. The van der Waals surface area contributed by atoms with Gasteiger partial charge in [0.2, 0.25) is 11.8 Å². The standard InChI is InChI=1S/C11H10IN5O/c12-7-1-2-9-8(5-7)16-11(13)17(9)4-3-10-14-6-15-18-10/h1-2,5-6H,3-4H2,(H2,13,16). The van der Waals surface area contributed by atoms with Crippen LogP contribution in [0.4, 0.5) is 5.95 Å². The van der Waals surface area contributed by atoms with Gasteiger partial charge in [0.1, 0.15) is 0 Å². The summed E-state index contributed by atoms with van der Waals surface area (Å²) in [6, 6.07) is 6.07. The van der Waals surface area contributed by atoms with Crippen LogP contribution in [-0.4, -0.2) is 19.7 Å². The van der Waals surface area contributed by atoms with E-state index in [-0.39, 0.29) is 0 Å². The molecular formula is C11H10IN5O. The van der Waals surface area contributed by atoms with Crippen molar-refractivity contribution in [3.8, 4) is 0 Å². The van der Waals surface area contributed by atoms with Gasteiger partial charge < -0.3 is 14.8 Å². The number of aryl methyl sites for hydroxylation is 2. The second-order valence-corrected chi connectivity index (χ2v) is 5.09. The van der Waals surface area contributed by atoms with Crippen LogP contribution in [0, 0.1) is 3.57 Å². The molecule has 18 heavy (non-hydrogen) atoms. The van der Waals surface area contributed by atoms with Gasteiger partial charge in [0.15, 0.2) is 6.33 Å². The molecule has 0 radical (unpaired) electrons. The van der Waals surface area contributed by atoms with Crippen molar-refractivity contribution in [1.82, 2.24) is 19.7 Å². The SMILES string of the molecule is Nc1nc2cc(I)ccc2n1CCc1ncno1. The highest BCUT2D eigenvalue weighted by Crippen LogP contribution is 2.20. The van der Waals surface area contributed by atoms with Gasteiger partial charge in [-0.2, -0.15) is 4.98 Å². The quantitative estimate of drug-likeness (QED) is 0.725. The van der Waals surface area contributed by atoms with Gasteiger partial charge in [-0.3, -0.25) is 0 Å². The molecule has 0 atom stereocenters. The molecule has 6 nitrogen and oxygen atoms in total.